The van der Waals surface area contributed by atoms with Crippen LogP contribution in [0.25, 0.3) is 0 Å². The maximum Gasteiger partial charge on any atom is 0.411 e. The van der Waals surface area contributed by atoms with E-state index >= 15 is 0 Å². The maximum atomic E-state index is 11.3. The monoisotopic (exact) mass is 321 g/mol. The van der Waals surface area contributed by atoms with Gasteiger partial charge in [0.25, 0.3) is 0 Å². The van der Waals surface area contributed by atoms with Crippen LogP contribution < -0.4 is 0 Å². The third-order valence-electron chi connectivity index (χ3n) is 3.70. The van der Waals surface area contributed by atoms with Crippen molar-refractivity contribution in [1.29, 1.82) is 0 Å². The van der Waals surface area contributed by atoms with E-state index in [2.05, 4.69) is 6.92 Å². The molecule has 0 heterocycles. The maximum absolute atomic E-state index is 11.3. The summed E-state index contributed by atoms with van der Waals surface area (Å²) in [6.07, 6.45) is 14.8. The topological polar surface area (TPSA) is 77.8 Å². The van der Waals surface area contributed by atoms with Gasteiger partial charge in [0.1, 0.15) is 0 Å². The van der Waals surface area contributed by atoms with Crippen LogP contribution in [0, 0.1) is 0 Å². The summed E-state index contributed by atoms with van der Waals surface area (Å²) in [5.41, 5.74) is 0. The minimum atomic E-state index is -3.91. The zero-order valence-electron chi connectivity index (χ0n) is 13.6. The van der Waals surface area contributed by atoms with E-state index in [4.69, 9.17) is 14.7 Å². The predicted octanol–water partition coefficient (Wildman–Crippen LogP) is 4.39. The highest BCUT2D eigenvalue weighted by Gasteiger charge is 2.32. The van der Waals surface area contributed by atoms with Gasteiger partial charge in [0.15, 0.2) is 11.9 Å². The zero-order chi connectivity index (χ0) is 16.0. The lowest BCUT2D eigenvalue weighted by Gasteiger charge is -2.04. The van der Waals surface area contributed by atoms with E-state index in [9.17, 15) is 4.79 Å². The Balaban J connectivity index is 3.17. The lowest BCUT2D eigenvalue weighted by molar-refractivity contribution is -0.117. The van der Waals surface area contributed by atoms with Gasteiger partial charge in [-0.2, -0.15) is 14.7 Å². The Bertz CT molecular complexity index is 251. The molecule has 0 radical (unpaired) electrons. The first-order chi connectivity index (χ1) is 9.95. The minimum absolute atomic E-state index is 0.247. The van der Waals surface area contributed by atoms with Gasteiger partial charge in [0.05, 0.1) is 0 Å². The van der Waals surface area contributed by atoms with E-state index < -0.39 is 14.1 Å². The summed E-state index contributed by atoms with van der Waals surface area (Å²) < 4.78 is 0. The van der Waals surface area contributed by atoms with Crippen molar-refractivity contribution >= 4 is 13.7 Å². The molecule has 0 bridgehead atoms. The van der Waals surface area contributed by atoms with Crippen LogP contribution in [-0.2, 0) is 4.79 Å². The molecule has 4 nitrogen and oxygen atoms in total. The summed E-state index contributed by atoms with van der Waals surface area (Å²) in [6, 6.07) is 0. The molecule has 0 aromatic carbocycles. The molecular weight excluding hydrogens is 287 g/mol. The summed E-state index contributed by atoms with van der Waals surface area (Å²) >= 11 is 0. The predicted molar refractivity (Wildman–Crippen MR) is 89.1 cm³/mol. The van der Waals surface area contributed by atoms with Crippen molar-refractivity contribution in [3.8, 4) is 0 Å². The Hall–Kier alpha value is -0.0200. The molecular formula is C16H34O4P+. The van der Waals surface area contributed by atoms with Crippen molar-refractivity contribution < 1.29 is 19.5 Å². The molecule has 0 saturated carbocycles. The lowest BCUT2D eigenvalue weighted by Crippen LogP contribution is -2.08. The zero-order valence-corrected chi connectivity index (χ0v) is 14.5. The van der Waals surface area contributed by atoms with E-state index in [1.165, 1.54) is 57.8 Å². The van der Waals surface area contributed by atoms with Crippen molar-refractivity contribution in [3.63, 3.8) is 0 Å². The molecule has 3 N–H and O–H groups in total. The fourth-order valence-electron chi connectivity index (χ4n) is 2.48. The van der Waals surface area contributed by atoms with E-state index in [-0.39, 0.29) is 5.78 Å². The van der Waals surface area contributed by atoms with Gasteiger partial charge in [-0.3, -0.25) is 4.79 Å². The van der Waals surface area contributed by atoms with E-state index in [0.717, 1.165) is 19.3 Å². The van der Waals surface area contributed by atoms with Crippen molar-refractivity contribution in [2.24, 2.45) is 0 Å². The second-order valence-electron chi connectivity index (χ2n) is 6.03. The number of Topliss-reactive ketones (excluding diaryl/α,β-unsaturated/α-hetero) is 1. The third kappa shape index (κ3) is 17.9. The van der Waals surface area contributed by atoms with Crippen LogP contribution in [-0.4, -0.2) is 26.6 Å². The molecule has 0 aromatic heterocycles. The largest absolute Gasteiger partial charge is 0.411 e. The van der Waals surface area contributed by atoms with Gasteiger partial charge in [-0.15, -0.1) is 0 Å². The van der Waals surface area contributed by atoms with Crippen molar-refractivity contribution in [3.05, 3.63) is 0 Å². The normalized spacial score (nSPS) is 11.8. The molecule has 0 unspecified atom stereocenters. The summed E-state index contributed by atoms with van der Waals surface area (Å²) in [4.78, 5) is 37.6. The molecule has 0 atom stereocenters. The fourth-order valence-corrected chi connectivity index (χ4v) is 3.11. The Kier molecular flexibility index (Phi) is 13.6. The van der Waals surface area contributed by atoms with Crippen LogP contribution in [0.4, 0.5) is 0 Å². The number of hydrogen-bond donors (Lipinski definition) is 3. The molecule has 0 amide bonds. The Morgan fingerprint density at radius 2 is 1.10 bits per heavy atom. The minimum Gasteiger partial charge on any atom is -0.295 e. The summed E-state index contributed by atoms with van der Waals surface area (Å²) in [6.45, 7) is 2.24. The van der Waals surface area contributed by atoms with E-state index in [1.54, 1.807) is 0 Å². The quantitative estimate of drug-likeness (QED) is 0.309. The number of carbonyl (C=O) groups excluding carboxylic acids is 1. The van der Waals surface area contributed by atoms with Crippen LogP contribution in [0.1, 0.15) is 90.4 Å². The molecule has 0 aliphatic heterocycles. The average Bonchev–Trinajstić information content (AvgIpc) is 2.38. The molecule has 0 aliphatic carbocycles. The molecule has 0 fully saturated rings. The standard InChI is InChI=1S/C16H34O4P/c1-2-3-4-5-6-7-8-9-10-11-12-13-14-16(17)15-21(18,19)20/h18-20H,2-15H2,1H3/q+1. The molecule has 0 saturated heterocycles. The third-order valence-corrected chi connectivity index (χ3v) is 4.47. The van der Waals surface area contributed by atoms with Gasteiger partial charge in [-0.1, -0.05) is 77.6 Å². The first-order valence-corrected chi connectivity index (χ1v) is 10.4. The van der Waals surface area contributed by atoms with Gasteiger partial charge in [0.2, 0.25) is 0 Å². The molecule has 0 spiro atoms. The van der Waals surface area contributed by atoms with Crippen LogP contribution in [0.2, 0.25) is 0 Å². The highest BCUT2D eigenvalue weighted by Crippen LogP contribution is 2.44. The van der Waals surface area contributed by atoms with Gasteiger partial charge >= 0.3 is 7.94 Å². The number of unbranched alkanes of at least 4 members (excludes halogenated alkanes) is 11. The second-order valence-corrected chi connectivity index (χ2v) is 7.73. The van der Waals surface area contributed by atoms with Crippen molar-refractivity contribution in [1.82, 2.24) is 0 Å². The number of ketones is 1. The van der Waals surface area contributed by atoms with Crippen LogP contribution in [0.15, 0.2) is 0 Å². The SMILES string of the molecule is CCCCCCCCCCCCCCC(=O)C[P+](O)(O)O. The Morgan fingerprint density at radius 1 is 0.714 bits per heavy atom. The van der Waals surface area contributed by atoms with Crippen molar-refractivity contribution in [2.45, 2.75) is 90.4 Å². The number of carbonyl (C=O) groups is 1. The molecule has 126 valence electrons. The summed E-state index contributed by atoms with van der Waals surface area (Å²) in [5, 5.41) is 0. The second kappa shape index (κ2) is 13.6. The fraction of sp³-hybridized carbons (Fsp3) is 0.938. The molecule has 21 heavy (non-hydrogen) atoms. The van der Waals surface area contributed by atoms with Crippen LogP contribution >= 0.6 is 7.94 Å². The number of hydrogen-bond acceptors (Lipinski definition) is 4. The Morgan fingerprint density at radius 3 is 1.48 bits per heavy atom. The summed E-state index contributed by atoms with van der Waals surface area (Å²) in [7, 11) is -3.91. The Labute approximate surface area is 130 Å². The number of rotatable bonds is 15. The van der Waals surface area contributed by atoms with Gasteiger partial charge in [0, 0.05) is 6.42 Å². The molecule has 5 heteroatoms. The highest BCUT2D eigenvalue weighted by molar-refractivity contribution is 7.59. The highest BCUT2D eigenvalue weighted by atomic mass is 31.2. The van der Waals surface area contributed by atoms with E-state index in [0.29, 0.717) is 6.42 Å². The average molecular weight is 321 g/mol. The first-order valence-electron chi connectivity index (χ1n) is 8.53. The first kappa shape index (κ1) is 21.0. The van der Waals surface area contributed by atoms with Crippen LogP contribution in [0.5, 0.6) is 0 Å². The molecule has 0 aliphatic rings. The van der Waals surface area contributed by atoms with Crippen molar-refractivity contribution in [2.75, 3.05) is 6.16 Å². The van der Waals surface area contributed by atoms with Gasteiger partial charge < -0.3 is 0 Å². The lowest BCUT2D eigenvalue weighted by atomic mass is 10.0. The summed E-state index contributed by atoms with van der Waals surface area (Å²) in [5.74, 6) is -0.247. The molecule has 0 rings (SSSR count). The smallest absolute Gasteiger partial charge is 0.295 e. The van der Waals surface area contributed by atoms with Gasteiger partial charge in [-0.05, 0) is 6.42 Å². The van der Waals surface area contributed by atoms with E-state index in [1.807, 2.05) is 0 Å². The molecule has 0 aromatic rings. The van der Waals surface area contributed by atoms with Gasteiger partial charge in [-0.25, -0.2) is 0 Å². The van der Waals surface area contributed by atoms with Crippen LogP contribution in [0.3, 0.4) is 0 Å².